The molecule has 2 aliphatic carbocycles. The maximum absolute atomic E-state index is 14.1. The van der Waals surface area contributed by atoms with E-state index in [2.05, 4.69) is 31.6 Å². The second-order valence-corrected chi connectivity index (χ2v) is 13.7. The molecule has 1 saturated heterocycles. The molecule has 3 fully saturated rings. The maximum Gasteiger partial charge on any atom is 0.405 e. The summed E-state index contributed by atoms with van der Waals surface area (Å²) in [6.07, 6.45) is 7.88. The molecule has 0 spiro atoms. The van der Waals surface area contributed by atoms with Gasteiger partial charge in [0.25, 0.3) is 5.91 Å². The molecular formula is C31H49N9O8. The zero-order chi connectivity index (χ0) is 35.0. The smallest absolute Gasteiger partial charge is 0.405 e. The van der Waals surface area contributed by atoms with E-state index in [-0.39, 0.29) is 43.8 Å². The number of unbranched alkanes of at least 4 members (excludes halogenated alkanes) is 1. The van der Waals surface area contributed by atoms with Crippen LogP contribution in [0.15, 0.2) is 6.20 Å². The van der Waals surface area contributed by atoms with Gasteiger partial charge in [0, 0.05) is 25.6 Å². The van der Waals surface area contributed by atoms with Crippen LogP contribution < -0.4 is 27.0 Å². The molecule has 8 N–H and O–H groups in total. The molecule has 1 aromatic rings. The number of likely N-dealkylation sites (tertiary alicyclic amines) is 1. The molecule has 2 unspecified atom stereocenters. The molecule has 0 aromatic carbocycles. The predicted molar refractivity (Wildman–Crippen MR) is 170 cm³/mol. The molecule has 48 heavy (non-hydrogen) atoms. The number of aliphatic hydroxyl groups is 1. The van der Waals surface area contributed by atoms with E-state index in [0.717, 1.165) is 44.9 Å². The third-order valence-electron chi connectivity index (χ3n) is 9.30. The summed E-state index contributed by atoms with van der Waals surface area (Å²) in [4.78, 5) is 77.7. The lowest BCUT2D eigenvalue weighted by molar-refractivity contribution is -0.142. The Bertz CT molecular complexity index is 1340. The molecule has 17 nitrogen and oxygen atoms in total. The SMILES string of the molecule is CC(C)(O)c1cnnn1[C@H]1C[C@@H](C(=O)NC(CCCCNC(=O)NC2CC2)C(=O)C(N)=O)N(C(=O)C(CC2CCCCC2)NC(=O)O)C1. The number of carboxylic acid groups (broad SMARTS) is 1. The molecule has 4 rings (SSSR count). The van der Waals surface area contributed by atoms with E-state index in [1.807, 2.05) is 0 Å². The number of aromatic nitrogens is 3. The number of carbonyl (C=O) groups is 6. The van der Waals surface area contributed by atoms with Gasteiger partial charge in [-0.1, -0.05) is 37.3 Å². The lowest BCUT2D eigenvalue weighted by atomic mass is 9.84. The third kappa shape index (κ3) is 10.1. The van der Waals surface area contributed by atoms with Gasteiger partial charge in [-0.2, -0.15) is 0 Å². The largest absolute Gasteiger partial charge is 0.465 e. The number of urea groups is 1. The fourth-order valence-corrected chi connectivity index (χ4v) is 6.61. The predicted octanol–water partition coefficient (Wildman–Crippen LogP) is 0.425. The van der Waals surface area contributed by atoms with Gasteiger partial charge in [-0.05, 0) is 58.3 Å². The first-order valence-corrected chi connectivity index (χ1v) is 16.9. The highest BCUT2D eigenvalue weighted by Gasteiger charge is 2.45. The Morgan fingerprint density at radius 1 is 1.02 bits per heavy atom. The van der Waals surface area contributed by atoms with E-state index in [1.54, 1.807) is 13.8 Å². The number of primary amides is 1. The highest BCUT2D eigenvalue weighted by Crippen LogP contribution is 2.33. The van der Waals surface area contributed by atoms with Crippen LogP contribution in [0.1, 0.15) is 103 Å². The second kappa shape index (κ2) is 16.2. The zero-order valence-electron chi connectivity index (χ0n) is 27.7. The van der Waals surface area contributed by atoms with Crippen molar-refractivity contribution in [2.75, 3.05) is 13.1 Å². The van der Waals surface area contributed by atoms with E-state index in [9.17, 15) is 39.0 Å². The Hall–Kier alpha value is -4.28. The molecule has 0 bridgehead atoms. The van der Waals surface area contributed by atoms with Crippen molar-refractivity contribution in [3.63, 3.8) is 0 Å². The van der Waals surface area contributed by atoms with Gasteiger partial charge in [0.15, 0.2) is 0 Å². The highest BCUT2D eigenvalue weighted by atomic mass is 16.4. The number of nitrogens with one attached hydrogen (secondary N) is 4. The summed E-state index contributed by atoms with van der Waals surface area (Å²) in [7, 11) is 0. The Kier molecular flexibility index (Phi) is 12.3. The molecule has 2 heterocycles. The molecule has 17 heteroatoms. The number of nitrogens with zero attached hydrogens (tertiary/aromatic N) is 4. The van der Waals surface area contributed by atoms with Gasteiger partial charge in [0.05, 0.1) is 24.0 Å². The summed E-state index contributed by atoms with van der Waals surface area (Å²) in [5.41, 5.74) is 4.31. The second-order valence-electron chi connectivity index (χ2n) is 13.7. The average Bonchev–Trinajstić information content (AvgIpc) is 3.49. The fourth-order valence-electron chi connectivity index (χ4n) is 6.61. The van der Waals surface area contributed by atoms with Gasteiger partial charge >= 0.3 is 12.1 Å². The van der Waals surface area contributed by atoms with Crippen LogP contribution in [0.3, 0.4) is 0 Å². The number of rotatable bonds is 16. The molecule has 266 valence electrons. The lowest BCUT2D eigenvalue weighted by Crippen LogP contribution is -2.56. The Morgan fingerprint density at radius 2 is 1.73 bits per heavy atom. The fraction of sp³-hybridized carbons (Fsp3) is 0.742. The summed E-state index contributed by atoms with van der Waals surface area (Å²) in [6, 6.07) is -4.26. The van der Waals surface area contributed by atoms with E-state index in [1.165, 1.54) is 15.8 Å². The number of nitrogens with two attached hydrogens (primary N) is 1. The number of hydrogen-bond acceptors (Lipinski definition) is 9. The molecule has 4 atom stereocenters. The van der Waals surface area contributed by atoms with Gasteiger partial charge in [0.2, 0.25) is 17.6 Å². The minimum absolute atomic E-state index is 0.0186. The van der Waals surface area contributed by atoms with E-state index < -0.39 is 59.4 Å². The molecule has 2 saturated carbocycles. The zero-order valence-corrected chi connectivity index (χ0v) is 27.7. The van der Waals surface area contributed by atoms with Crippen molar-refractivity contribution in [1.82, 2.24) is 41.2 Å². The van der Waals surface area contributed by atoms with Crippen molar-refractivity contribution in [3.05, 3.63) is 11.9 Å². The van der Waals surface area contributed by atoms with Crippen LogP contribution in [0.4, 0.5) is 9.59 Å². The van der Waals surface area contributed by atoms with Crippen molar-refractivity contribution < 1.29 is 39.0 Å². The number of carbonyl (C=O) groups excluding carboxylic acids is 5. The van der Waals surface area contributed by atoms with Gasteiger partial charge in [0.1, 0.15) is 17.7 Å². The minimum Gasteiger partial charge on any atom is -0.465 e. The number of hydrogen-bond donors (Lipinski definition) is 7. The van der Waals surface area contributed by atoms with Crippen LogP contribution in [0.2, 0.25) is 0 Å². The number of Topliss-reactive ketones (excluding diaryl/α,β-unsaturated/α-hetero) is 1. The maximum atomic E-state index is 14.1. The van der Waals surface area contributed by atoms with Crippen LogP contribution in [0.25, 0.3) is 0 Å². The van der Waals surface area contributed by atoms with Gasteiger partial charge in [-0.3, -0.25) is 19.2 Å². The topological polar surface area (TPSA) is 251 Å². The van der Waals surface area contributed by atoms with Crippen LogP contribution in [-0.2, 0) is 24.8 Å². The van der Waals surface area contributed by atoms with Crippen molar-refractivity contribution in [3.8, 4) is 0 Å². The van der Waals surface area contributed by atoms with E-state index >= 15 is 0 Å². The summed E-state index contributed by atoms with van der Waals surface area (Å²) < 4.78 is 1.45. The molecular weight excluding hydrogens is 626 g/mol. The molecule has 1 aromatic heterocycles. The molecule has 1 aliphatic heterocycles. The van der Waals surface area contributed by atoms with Crippen LogP contribution in [-0.4, -0.2) is 103 Å². The quantitative estimate of drug-likeness (QED) is 0.0939. The van der Waals surface area contributed by atoms with Gasteiger partial charge in [-0.25, -0.2) is 14.3 Å². The highest BCUT2D eigenvalue weighted by molar-refractivity contribution is 6.37. The summed E-state index contributed by atoms with van der Waals surface area (Å²) in [6.45, 7) is 3.37. The van der Waals surface area contributed by atoms with Crippen molar-refractivity contribution in [2.24, 2.45) is 11.7 Å². The van der Waals surface area contributed by atoms with Crippen molar-refractivity contribution in [2.45, 2.75) is 127 Å². The van der Waals surface area contributed by atoms with Crippen LogP contribution in [0.5, 0.6) is 0 Å². The summed E-state index contributed by atoms with van der Waals surface area (Å²) >= 11 is 0. The Balaban J connectivity index is 1.51. The lowest BCUT2D eigenvalue weighted by Gasteiger charge is -2.31. The van der Waals surface area contributed by atoms with Gasteiger partial charge in [-0.15, -0.1) is 5.10 Å². The molecule has 3 aliphatic rings. The summed E-state index contributed by atoms with van der Waals surface area (Å²) in [5, 5.41) is 38.9. The first kappa shape index (κ1) is 36.6. The van der Waals surface area contributed by atoms with Crippen molar-refractivity contribution in [1.29, 1.82) is 0 Å². The minimum atomic E-state index is -1.37. The third-order valence-corrected chi connectivity index (χ3v) is 9.30. The summed E-state index contributed by atoms with van der Waals surface area (Å²) in [5.74, 6) is -3.41. The number of ketones is 1. The normalized spacial score (nSPS) is 21.2. The Morgan fingerprint density at radius 3 is 2.35 bits per heavy atom. The van der Waals surface area contributed by atoms with E-state index in [4.69, 9.17) is 5.73 Å². The van der Waals surface area contributed by atoms with Crippen molar-refractivity contribution >= 4 is 35.6 Å². The monoisotopic (exact) mass is 675 g/mol. The Labute approximate surface area is 279 Å². The van der Waals surface area contributed by atoms with Crippen LogP contribution in [0, 0.1) is 5.92 Å². The molecule has 0 radical (unpaired) electrons. The van der Waals surface area contributed by atoms with Gasteiger partial charge < -0.3 is 42.1 Å². The molecule has 6 amide bonds. The number of amides is 6. The first-order chi connectivity index (χ1) is 22.7. The first-order valence-electron chi connectivity index (χ1n) is 16.9. The van der Waals surface area contributed by atoms with Crippen LogP contribution >= 0.6 is 0 Å². The average molecular weight is 676 g/mol. The standard InChI is InChI=1S/C31H49N9O8/c1-31(2,48)24-16-34-38-40(24)20-15-23(39(17-20)28(44)22(37-30(46)47)14-18-8-4-3-5-9-18)27(43)36-21(25(41)26(32)42)10-6-7-13-33-29(45)35-19-11-12-19/h16,18-23,37,48H,3-15,17H2,1-2H3,(H2,32,42)(H,36,43)(H,46,47)(H2,33,35,45)/t20-,21?,22?,23-/m0/s1. The van der Waals surface area contributed by atoms with E-state index in [0.29, 0.717) is 25.1 Å².